The van der Waals surface area contributed by atoms with Crippen molar-refractivity contribution < 1.29 is 9.18 Å². The molecule has 3 unspecified atom stereocenters. The molecule has 0 saturated heterocycles. The Kier molecular flexibility index (Phi) is 14.1. The second kappa shape index (κ2) is 17.5. The molecule has 0 spiro atoms. The summed E-state index contributed by atoms with van der Waals surface area (Å²) in [5.74, 6) is 0.703. The van der Waals surface area contributed by atoms with Crippen LogP contribution >= 0.6 is 8.73 Å². The van der Waals surface area contributed by atoms with Crippen LogP contribution in [0.2, 0.25) is 0 Å². The SMILES string of the molecule is CC/C=C1\C(C2CC2)NC(C)CCc2ccccc2CCCNC(=O)CNPCCN1C.Cc1ccc(F)cc1. The normalized spacial score (nSPS) is 23.7. The molecular formula is C33H50FN4OP. The standard InChI is InChI=1S/C26H43N4OP.C7H7F/c1-4-8-24-26(23-14-15-23)29-20(2)12-13-22-10-6-5-9-21(22)11-7-16-27-25(31)19-28-32-18-17-30(24)3;1-6-2-4-7(8)5-3-6/h5-6,8-10,20,23,26,28-29,32H,4,7,11-19H2,1-3H3,(H,27,31);2-5H,1H3/b24-8+;. The fraction of sp³-hybridized carbons (Fsp3) is 0.545. The van der Waals surface area contributed by atoms with Gasteiger partial charge in [-0.1, -0.05) is 63.7 Å². The summed E-state index contributed by atoms with van der Waals surface area (Å²) in [6, 6.07) is 16.2. The average Bonchev–Trinajstić information content (AvgIpc) is 3.79. The minimum atomic E-state index is -0.171. The van der Waals surface area contributed by atoms with Gasteiger partial charge in [-0.2, -0.15) is 0 Å². The maximum absolute atomic E-state index is 12.1. The fourth-order valence-corrected chi connectivity index (χ4v) is 6.02. The summed E-state index contributed by atoms with van der Waals surface area (Å²) >= 11 is 0. The summed E-state index contributed by atoms with van der Waals surface area (Å²) in [5, 5.41) is 10.4. The van der Waals surface area contributed by atoms with Crippen LogP contribution in [-0.4, -0.2) is 55.7 Å². The zero-order valence-corrected chi connectivity index (χ0v) is 25.9. The van der Waals surface area contributed by atoms with Crippen LogP contribution in [0, 0.1) is 18.7 Å². The first kappa shape index (κ1) is 32.2. The van der Waals surface area contributed by atoms with Crippen LogP contribution in [0.15, 0.2) is 60.3 Å². The van der Waals surface area contributed by atoms with E-state index in [9.17, 15) is 9.18 Å². The number of nitrogens with one attached hydrogen (secondary N) is 3. The van der Waals surface area contributed by atoms with Crippen LogP contribution in [0.25, 0.3) is 0 Å². The molecule has 3 atom stereocenters. The lowest BCUT2D eigenvalue weighted by Crippen LogP contribution is -2.44. The smallest absolute Gasteiger partial charge is 0.234 e. The molecule has 40 heavy (non-hydrogen) atoms. The third kappa shape index (κ3) is 11.7. The molecule has 2 aromatic carbocycles. The fourth-order valence-electron chi connectivity index (χ4n) is 5.12. The van der Waals surface area contributed by atoms with Gasteiger partial charge in [0.25, 0.3) is 0 Å². The molecule has 2 aliphatic rings. The number of halogens is 1. The van der Waals surface area contributed by atoms with Crippen molar-refractivity contribution >= 4 is 14.6 Å². The number of likely N-dealkylation sites (N-methyl/N-ethyl adjacent to an activating group) is 1. The Hall–Kier alpha value is -2.27. The van der Waals surface area contributed by atoms with Gasteiger partial charge in [0.05, 0.1) is 6.54 Å². The summed E-state index contributed by atoms with van der Waals surface area (Å²) in [7, 11) is 2.84. The van der Waals surface area contributed by atoms with Gasteiger partial charge < -0.3 is 15.5 Å². The molecule has 220 valence electrons. The van der Waals surface area contributed by atoms with Crippen molar-refractivity contribution in [1.29, 1.82) is 0 Å². The third-order valence-electron chi connectivity index (χ3n) is 7.60. The Balaban J connectivity index is 0.000000472. The number of amides is 1. The molecule has 1 heterocycles. The number of allylic oxidation sites excluding steroid dienone is 1. The number of rotatable bonds is 2. The quantitative estimate of drug-likeness (QED) is 0.390. The van der Waals surface area contributed by atoms with Crippen molar-refractivity contribution in [3.8, 4) is 0 Å². The molecule has 2 aromatic rings. The first-order chi connectivity index (χ1) is 19.4. The number of carbonyl (C=O) groups excluding carboxylic acids is 1. The maximum Gasteiger partial charge on any atom is 0.234 e. The van der Waals surface area contributed by atoms with E-state index in [1.54, 1.807) is 12.1 Å². The Bertz CT molecular complexity index is 1040. The Morgan fingerprint density at radius 3 is 2.40 bits per heavy atom. The number of hydrogen-bond donors (Lipinski definition) is 3. The van der Waals surface area contributed by atoms with Crippen LogP contribution in [0.3, 0.4) is 0 Å². The molecule has 0 radical (unpaired) electrons. The number of nitrogens with zero attached hydrogens (tertiary/aromatic N) is 1. The predicted molar refractivity (Wildman–Crippen MR) is 169 cm³/mol. The highest BCUT2D eigenvalue weighted by Crippen LogP contribution is 2.37. The zero-order valence-electron chi connectivity index (χ0n) is 24.9. The highest BCUT2D eigenvalue weighted by Gasteiger charge is 2.35. The van der Waals surface area contributed by atoms with Gasteiger partial charge >= 0.3 is 0 Å². The first-order valence-electron chi connectivity index (χ1n) is 15.1. The Morgan fingerprint density at radius 2 is 1.75 bits per heavy atom. The van der Waals surface area contributed by atoms with E-state index < -0.39 is 0 Å². The summed E-state index contributed by atoms with van der Waals surface area (Å²) in [4.78, 5) is 14.6. The lowest BCUT2D eigenvalue weighted by Gasteiger charge is -2.33. The second-order valence-corrected chi connectivity index (χ2v) is 12.4. The molecule has 1 saturated carbocycles. The predicted octanol–water partition coefficient (Wildman–Crippen LogP) is 5.98. The van der Waals surface area contributed by atoms with Gasteiger partial charge in [0.15, 0.2) is 0 Å². The van der Waals surface area contributed by atoms with E-state index in [2.05, 4.69) is 71.9 Å². The molecule has 1 aliphatic carbocycles. The molecule has 1 aliphatic heterocycles. The van der Waals surface area contributed by atoms with Gasteiger partial charge in [-0.05, 0) is 94.1 Å². The lowest BCUT2D eigenvalue weighted by molar-refractivity contribution is -0.119. The van der Waals surface area contributed by atoms with E-state index in [4.69, 9.17) is 0 Å². The molecule has 4 rings (SSSR count). The Morgan fingerprint density at radius 1 is 1.05 bits per heavy atom. The minimum absolute atomic E-state index is 0.107. The number of fused-ring (bicyclic) bond motifs is 1. The van der Waals surface area contributed by atoms with Crippen LogP contribution in [0.1, 0.15) is 62.6 Å². The largest absolute Gasteiger partial charge is 0.376 e. The van der Waals surface area contributed by atoms with E-state index in [1.807, 2.05) is 6.92 Å². The Labute approximate surface area is 243 Å². The van der Waals surface area contributed by atoms with Crippen molar-refractivity contribution in [3.63, 3.8) is 0 Å². The van der Waals surface area contributed by atoms with Gasteiger partial charge in [-0.25, -0.2) is 4.39 Å². The van der Waals surface area contributed by atoms with E-state index >= 15 is 0 Å². The minimum Gasteiger partial charge on any atom is -0.376 e. The lowest BCUT2D eigenvalue weighted by atomic mass is 9.96. The van der Waals surface area contributed by atoms with E-state index in [0.29, 0.717) is 27.4 Å². The molecule has 0 aromatic heterocycles. The second-order valence-electron chi connectivity index (χ2n) is 11.2. The van der Waals surface area contributed by atoms with Crippen molar-refractivity contribution in [3.05, 3.63) is 82.8 Å². The van der Waals surface area contributed by atoms with Gasteiger partial charge in [0.2, 0.25) is 5.91 Å². The summed E-state index contributed by atoms with van der Waals surface area (Å²) < 4.78 is 12.1. The summed E-state index contributed by atoms with van der Waals surface area (Å²) in [6.07, 6.45) is 11.5. The first-order valence-corrected chi connectivity index (χ1v) is 16.3. The van der Waals surface area contributed by atoms with Crippen molar-refractivity contribution in [2.75, 3.05) is 32.8 Å². The summed E-state index contributed by atoms with van der Waals surface area (Å²) in [6.45, 7) is 8.70. The number of carbonyl (C=O) groups is 1. The van der Waals surface area contributed by atoms with Crippen LogP contribution < -0.4 is 15.7 Å². The highest BCUT2D eigenvalue weighted by atomic mass is 31.1. The number of hydrogen-bond acceptors (Lipinski definition) is 4. The molecule has 0 bridgehead atoms. The van der Waals surface area contributed by atoms with Crippen LogP contribution in [-0.2, 0) is 17.6 Å². The van der Waals surface area contributed by atoms with Crippen molar-refractivity contribution in [2.45, 2.75) is 77.8 Å². The molecule has 5 nitrogen and oxygen atoms in total. The third-order valence-corrected chi connectivity index (χ3v) is 8.50. The molecular weight excluding hydrogens is 518 g/mol. The van der Waals surface area contributed by atoms with Gasteiger partial charge in [-0.3, -0.25) is 9.88 Å². The monoisotopic (exact) mass is 568 g/mol. The molecule has 3 N–H and O–H groups in total. The van der Waals surface area contributed by atoms with E-state index in [-0.39, 0.29) is 11.7 Å². The van der Waals surface area contributed by atoms with Gasteiger partial charge in [0, 0.05) is 37.9 Å². The van der Waals surface area contributed by atoms with Crippen LogP contribution in [0.4, 0.5) is 4.39 Å². The summed E-state index contributed by atoms with van der Waals surface area (Å²) in [5.41, 5.74) is 5.43. The number of aryl methyl sites for hydroxylation is 3. The van der Waals surface area contributed by atoms with Crippen molar-refractivity contribution in [2.24, 2.45) is 5.92 Å². The van der Waals surface area contributed by atoms with Crippen molar-refractivity contribution in [1.82, 2.24) is 20.6 Å². The maximum atomic E-state index is 12.1. The molecule has 7 heteroatoms. The van der Waals surface area contributed by atoms with E-state index in [1.165, 1.54) is 41.8 Å². The molecule has 1 amide bonds. The topological polar surface area (TPSA) is 56.4 Å². The van der Waals surface area contributed by atoms with Gasteiger partial charge in [-0.15, -0.1) is 0 Å². The zero-order chi connectivity index (χ0) is 28.7. The molecule has 1 fully saturated rings. The number of benzene rings is 2. The van der Waals surface area contributed by atoms with Gasteiger partial charge in [0.1, 0.15) is 5.82 Å². The van der Waals surface area contributed by atoms with E-state index in [0.717, 1.165) is 62.8 Å². The highest BCUT2D eigenvalue weighted by molar-refractivity contribution is 7.35. The average molecular weight is 569 g/mol. The van der Waals surface area contributed by atoms with Crippen LogP contribution in [0.5, 0.6) is 0 Å².